The zero-order valence-electron chi connectivity index (χ0n) is 19.6. The number of Topliss-reactive ketones (excluding diaryl/α,β-unsaturated/α-hetero) is 1. The highest BCUT2D eigenvalue weighted by Gasteiger charge is 2.48. The number of benzene rings is 3. The van der Waals surface area contributed by atoms with Gasteiger partial charge in [-0.3, -0.25) is 14.5 Å². The number of carbonyl (C=O) groups is 2. The molecule has 7 heteroatoms. The van der Waals surface area contributed by atoms with E-state index >= 15 is 0 Å². The Hall–Kier alpha value is -4.03. The first kappa shape index (κ1) is 22.4. The van der Waals surface area contributed by atoms with Gasteiger partial charge in [0.15, 0.2) is 0 Å². The molecule has 1 amide bonds. The van der Waals surface area contributed by atoms with Crippen LogP contribution in [0.1, 0.15) is 29.2 Å². The molecule has 2 aliphatic heterocycles. The van der Waals surface area contributed by atoms with E-state index in [1.807, 2.05) is 54.2 Å². The number of amides is 1. The molecule has 0 bridgehead atoms. The van der Waals surface area contributed by atoms with Gasteiger partial charge in [-0.2, -0.15) is 0 Å². The summed E-state index contributed by atoms with van der Waals surface area (Å²) in [5.41, 5.74) is 3.68. The number of hydrogen-bond donors (Lipinski definition) is 1. The maximum atomic E-state index is 13.5. The van der Waals surface area contributed by atoms with Crippen LogP contribution in [-0.4, -0.2) is 28.0 Å². The molecule has 6 nitrogen and oxygen atoms in total. The van der Waals surface area contributed by atoms with E-state index in [2.05, 4.69) is 0 Å². The number of aliphatic hydroxyl groups is 1. The molecule has 3 aromatic carbocycles. The van der Waals surface area contributed by atoms with Crippen LogP contribution in [0.5, 0.6) is 5.75 Å². The number of ether oxygens (including phenoxy) is 1. The fourth-order valence-corrected chi connectivity index (χ4v) is 5.46. The molecule has 2 aliphatic rings. The normalized spacial score (nSPS) is 18.9. The van der Waals surface area contributed by atoms with Crippen molar-refractivity contribution < 1.29 is 19.4 Å². The minimum Gasteiger partial charge on any atom is -0.507 e. The van der Waals surface area contributed by atoms with Crippen molar-refractivity contribution in [3.8, 4) is 5.75 Å². The third-order valence-electron chi connectivity index (χ3n) is 6.94. The Morgan fingerprint density at radius 2 is 1.89 bits per heavy atom. The molecule has 6 rings (SSSR count). The Morgan fingerprint density at radius 3 is 2.72 bits per heavy atom. The molecule has 0 saturated carbocycles. The van der Waals surface area contributed by atoms with E-state index in [9.17, 15) is 14.7 Å². The van der Waals surface area contributed by atoms with Crippen molar-refractivity contribution in [2.45, 2.75) is 18.9 Å². The molecule has 0 radical (unpaired) electrons. The van der Waals surface area contributed by atoms with E-state index in [0.29, 0.717) is 22.9 Å². The summed E-state index contributed by atoms with van der Waals surface area (Å²) in [6.45, 7) is 0.657. The van der Waals surface area contributed by atoms with Crippen molar-refractivity contribution >= 4 is 45.6 Å². The van der Waals surface area contributed by atoms with Crippen LogP contribution < -0.4 is 9.64 Å². The van der Waals surface area contributed by atoms with Gasteiger partial charge >= 0.3 is 0 Å². The van der Waals surface area contributed by atoms with Crippen LogP contribution in [0.15, 0.2) is 78.5 Å². The van der Waals surface area contributed by atoms with Gasteiger partial charge in [-0.05, 0) is 60.9 Å². The Kier molecular flexibility index (Phi) is 5.34. The SMILES string of the molecule is Cn1cc(C2/C(=C(\O)c3ccc4c(c3)CCCO4)C(=O)C(=O)N2c2cccc(Cl)c2)c2ccccc21. The standard InChI is InChI=1S/C29H23ClN2O4/c1-31-16-22(21-9-2-3-10-23(21)31)26-25(27(33)18-11-12-24-17(14-18)6-5-13-36-24)28(34)29(35)32(26)20-8-4-7-19(30)15-20/h2-4,7-12,14-16,26,33H,5-6,13H2,1H3/b27-25+. The number of ketones is 1. The quantitative estimate of drug-likeness (QED) is 0.221. The lowest BCUT2D eigenvalue weighted by Crippen LogP contribution is -2.29. The lowest BCUT2D eigenvalue weighted by Gasteiger charge is -2.25. The summed E-state index contributed by atoms with van der Waals surface area (Å²) >= 11 is 6.26. The highest BCUT2D eigenvalue weighted by Crippen LogP contribution is 2.45. The highest BCUT2D eigenvalue weighted by atomic mass is 35.5. The van der Waals surface area contributed by atoms with Gasteiger partial charge in [-0.1, -0.05) is 35.9 Å². The number of rotatable bonds is 3. The molecule has 3 heterocycles. The van der Waals surface area contributed by atoms with E-state index in [4.69, 9.17) is 16.3 Å². The van der Waals surface area contributed by atoms with Gasteiger partial charge < -0.3 is 14.4 Å². The van der Waals surface area contributed by atoms with E-state index in [-0.39, 0.29) is 11.3 Å². The third kappa shape index (κ3) is 3.48. The van der Waals surface area contributed by atoms with E-state index < -0.39 is 17.7 Å². The molecule has 36 heavy (non-hydrogen) atoms. The average molecular weight is 499 g/mol. The van der Waals surface area contributed by atoms with Gasteiger partial charge in [0.1, 0.15) is 11.5 Å². The first-order chi connectivity index (χ1) is 17.4. The van der Waals surface area contributed by atoms with Gasteiger partial charge in [-0.25, -0.2) is 0 Å². The minimum atomic E-state index is -0.832. The number of halogens is 1. The van der Waals surface area contributed by atoms with Gasteiger partial charge in [0.2, 0.25) is 0 Å². The monoisotopic (exact) mass is 498 g/mol. The van der Waals surface area contributed by atoms with Crippen molar-refractivity contribution in [1.82, 2.24) is 4.57 Å². The minimum absolute atomic E-state index is 0.0491. The maximum absolute atomic E-state index is 13.5. The first-order valence-electron chi connectivity index (χ1n) is 11.8. The molecule has 1 saturated heterocycles. The Bertz CT molecular complexity index is 1590. The number of aryl methyl sites for hydroxylation is 2. The summed E-state index contributed by atoms with van der Waals surface area (Å²) in [7, 11) is 1.92. The molecule has 1 aromatic heterocycles. The molecule has 0 aliphatic carbocycles. The van der Waals surface area contributed by atoms with Gasteiger partial charge in [0.25, 0.3) is 11.7 Å². The summed E-state index contributed by atoms with van der Waals surface area (Å²) < 4.78 is 7.66. The van der Waals surface area contributed by atoms with Crippen LogP contribution in [-0.2, 0) is 23.1 Å². The number of aromatic nitrogens is 1. The van der Waals surface area contributed by atoms with Crippen LogP contribution in [0.3, 0.4) is 0 Å². The second-order valence-electron chi connectivity index (χ2n) is 9.14. The lowest BCUT2D eigenvalue weighted by molar-refractivity contribution is -0.132. The van der Waals surface area contributed by atoms with Crippen molar-refractivity contribution in [1.29, 1.82) is 0 Å². The summed E-state index contributed by atoms with van der Waals surface area (Å²) in [6, 6.07) is 19.2. The van der Waals surface area contributed by atoms with E-state index in [1.54, 1.807) is 30.3 Å². The number of para-hydroxylation sites is 1. The number of anilines is 1. The molecular weight excluding hydrogens is 476 g/mol. The third-order valence-corrected chi connectivity index (χ3v) is 7.17. The van der Waals surface area contributed by atoms with Crippen LogP contribution in [0.2, 0.25) is 5.02 Å². The zero-order chi connectivity index (χ0) is 25.0. The van der Waals surface area contributed by atoms with E-state index in [1.165, 1.54) is 4.90 Å². The highest BCUT2D eigenvalue weighted by molar-refractivity contribution is 6.52. The summed E-state index contributed by atoms with van der Waals surface area (Å²) in [4.78, 5) is 28.4. The van der Waals surface area contributed by atoms with Gasteiger partial charge in [0, 0.05) is 46.0 Å². The van der Waals surface area contributed by atoms with Crippen molar-refractivity contribution in [2.75, 3.05) is 11.5 Å². The smallest absolute Gasteiger partial charge is 0.300 e. The summed E-state index contributed by atoms with van der Waals surface area (Å²) in [6.07, 6.45) is 3.61. The van der Waals surface area contributed by atoms with Crippen LogP contribution in [0.4, 0.5) is 5.69 Å². The second kappa shape index (κ2) is 8.57. The molecule has 1 fully saturated rings. The number of aliphatic hydroxyl groups excluding tert-OH is 1. The number of fused-ring (bicyclic) bond motifs is 2. The predicted octanol–water partition coefficient (Wildman–Crippen LogP) is 5.78. The molecule has 1 unspecified atom stereocenters. The molecule has 180 valence electrons. The lowest BCUT2D eigenvalue weighted by atomic mass is 9.93. The van der Waals surface area contributed by atoms with Crippen molar-refractivity contribution in [3.63, 3.8) is 0 Å². The second-order valence-corrected chi connectivity index (χ2v) is 9.57. The number of carbonyl (C=O) groups excluding carboxylic acids is 2. The Morgan fingerprint density at radius 1 is 1.06 bits per heavy atom. The fraction of sp³-hybridized carbons (Fsp3) is 0.172. The van der Waals surface area contributed by atoms with Gasteiger partial charge in [0.05, 0.1) is 18.2 Å². The molecule has 0 spiro atoms. The van der Waals surface area contributed by atoms with Crippen molar-refractivity contribution in [3.05, 3.63) is 100 Å². The van der Waals surface area contributed by atoms with Crippen LogP contribution in [0.25, 0.3) is 16.7 Å². The first-order valence-corrected chi connectivity index (χ1v) is 12.2. The average Bonchev–Trinajstić information content (AvgIpc) is 3.36. The Labute approximate surface area is 213 Å². The van der Waals surface area contributed by atoms with Crippen molar-refractivity contribution in [2.24, 2.45) is 7.05 Å². The largest absolute Gasteiger partial charge is 0.507 e. The number of hydrogen-bond acceptors (Lipinski definition) is 4. The van der Waals surface area contributed by atoms with Gasteiger partial charge in [-0.15, -0.1) is 0 Å². The molecule has 1 N–H and O–H groups in total. The summed E-state index contributed by atoms with van der Waals surface area (Å²) in [5.74, 6) is -0.871. The maximum Gasteiger partial charge on any atom is 0.300 e. The van der Waals surface area contributed by atoms with E-state index in [0.717, 1.165) is 40.6 Å². The van der Waals surface area contributed by atoms with Crippen LogP contribution >= 0.6 is 11.6 Å². The summed E-state index contributed by atoms with van der Waals surface area (Å²) in [5, 5.41) is 12.9. The molecular formula is C29H23ClN2O4. The topological polar surface area (TPSA) is 71.8 Å². The molecule has 1 atom stereocenters. The fourth-order valence-electron chi connectivity index (χ4n) is 5.27. The predicted molar refractivity (Wildman–Crippen MR) is 139 cm³/mol. The number of nitrogens with zero attached hydrogens (tertiary/aromatic N) is 2. The molecule has 4 aromatic rings. The zero-order valence-corrected chi connectivity index (χ0v) is 20.3. The van der Waals surface area contributed by atoms with Crippen LogP contribution in [0, 0.1) is 0 Å². The Balaban J connectivity index is 1.60.